The Balaban J connectivity index is 2.70. The number of amides is 1. The van der Waals surface area contributed by atoms with Gasteiger partial charge in [-0.2, -0.15) is 0 Å². The molecule has 1 amide bonds. The molecule has 0 saturated carbocycles. The Hall–Kier alpha value is -0.890. The highest BCUT2D eigenvalue weighted by Gasteiger charge is 2.17. The largest absolute Gasteiger partial charge is 0.355 e. The molecule has 0 bridgehead atoms. The van der Waals surface area contributed by atoms with E-state index in [1.54, 1.807) is 0 Å². The van der Waals surface area contributed by atoms with E-state index >= 15 is 0 Å². The zero-order valence-corrected chi connectivity index (χ0v) is 12.4. The van der Waals surface area contributed by atoms with Crippen molar-refractivity contribution in [2.24, 2.45) is 0 Å². The Kier molecular flexibility index (Phi) is 5.99. The average molecular weight is 326 g/mol. The summed E-state index contributed by atoms with van der Waals surface area (Å²) < 4.78 is 25.8. The van der Waals surface area contributed by atoms with Crippen molar-refractivity contribution in [1.82, 2.24) is 15.0 Å². The number of halogens is 2. The van der Waals surface area contributed by atoms with Crippen LogP contribution in [-0.4, -0.2) is 32.4 Å². The molecule has 19 heavy (non-hydrogen) atoms. The normalized spacial score (nSPS) is 11.3. The number of pyridine rings is 1. The number of sulfonamides is 1. The molecule has 1 heterocycles. The predicted octanol–water partition coefficient (Wildman–Crippen LogP) is 1.19. The molecular weight excluding hydrogens is 313 g/mol. The second kappa shape index (κ2) is 7.04. The van der Waals surface area contributed by atoms with Crippen LogP contribution in [0, 0.1) is 0 Å². The van der Waals surface area contributed by atoms with E-state index in [0.29, 0.717) is 6.54 Å². The number of carbonyl (C=O) groups is 1. The monoisotopic (exact) mass is 325 g/mol. The third-order valence-electron chi connectivity index (χ3n) is 2.08. The highest BCUT2D eigenvalue weighted by atomic mass is 35.5. The van der Waals surface area contributed by atoms with Crippen molar-refractivity contribution in [3.05, 3.63) is 22.4 Å². The van der Waals surface area contributed by atoms with Crippen LogP contribution in [0.1, 0.15) is 13.3 Å². The van der Waals surface area contributed by atoms with Crippen molar-refractivity contribution in [2.45, 2.75) is 18.2 Å². The highest BCUT2D eigenvalue weighted by Crippen LogP contribution is 2.21. The van der Waals surface area contributed by atoms with Crippen LogP contribution in [0.2, 0.25) is 10.2 Å². The molecule has 0 aliphatic carbocycles. The van der Waals surface area contributed by atoms with Gasteiger partial charge in [-0.25, -0.2) is 18.1 Å². The summed E-state index contributed by atoms with van der Waals surface area (Å²) >= 11 is 11.3. The number of carbonyl (C=O) groups excluding carboxylic acids is 1. The maximum absolute atomic E-state index is 11.8. The zero-order valence-electron chi connectivity index (χ0n) is 10.1. The second-order valence-corrected chi connectivity index (χ2v) is 6.15. The first-order valence-electron chi connectivity index (χ1n) is 5.44. The van der Waals surface area contributed by atoms with E-state index in [2.05, 4.69) is 15.0 Å². The first-order valence-corrected chi connectivity index (χ1v) is 7.68. The van der Waals surface area contributed by atoms with Crippen LogP contribution in [0.3, 0.4) is 0 Å². The SMILES string of the molecule is CCCNC(=O)CNS(=O)(=O)c1cnc(Cl)c(Cl)c1. The molecule has 0 spiro atoms. The number of aromatic nitrogens is 1. The highest BCUT2D eigenvalue weighted by molar-refractivity contribution is 7.89. The molecule has 0 aliphatic rings. The van der Waals surface area contributed by atoms with Gasteiger partial charge in [0.05, 0.1) is 11.6 Å². The summed E-state index contributed by atoms with van der Waals surface area (Å²) in [6, 6.07) is 1.17. The summed E-state index contributed by atoms with van der Waals surface area (Å²) in [7, 11) is -3.84. The fourth-order valence-corrected chi connectivity index (χ4v) is 2.41. The molecule has 106 valence electrons. The quantitative estimate of drug-likeness (QED) is 0.769. The van der Waals surface area contributed by atoms with Crippen molar-refractivity contribution in [2.75, 3.05) is 13.1 Å². The summed E-state index contributed by atoms with van der Waals surface area (Å²) in [6.07, 6.45) is 1.84. The minimum absolute atomic E-state index is 0.0151. The van der Waals surface area contributed by atoms with Gasteiger partial charge in [0.1, 0.15) is 10.0 Å². The second-order valence-electron chi connectivity index (χ2n) is 3.62. The van der Waals surface area contributed by atoms with Gasteiger partial charge in [0.25, 0.3) is 0 Å². The van der Waals surface area contributed by atoms with Crippen LogP contribution in [-0.2, 0) is 14.8 Å². The Labute approximate surface area is 121 Å². The van der Waals surface area contributed by atoms with Gasteiger partial charge in [-0.1, -0.05) is 30.1 Å². The van der Waals surface area contributed by atoms with Crippen LogP contribution < -0.4 is 10.0 Å². The van der Waals surface area contributed by atoms with Gasteiger partial charge in [0.2, 0.25) is 15.9 Å². The minimum atomic E-state index is -3.84. The van der Waals surface area contributed by atoms with E-state index in [0.717, 1.165) is 12.6 Å². The molecule has 0 aliphatic heterocycles. The van der Waals surface area contributed by atoms with Gasteiger partial charge in [-0.3, -0.25) is 4.79 Å². The Morgan fingerprint density at radius 2 is 2.11 bits per heavy atom. The topological polar surface area (TPSA) is 88.2 Å². The standard InChI is InChI=1S/C10H13Cl2N3O3S/c1-2-3-13-9(16)6-15-19(17,18)7-4-8(11)10(12)14-5-7/h4-5,15H,2-3,6H2,1H3,(H,13,16). The number of rotatable bonds is 6. The van der Waals surface area contributed by atoms with Crippen molar-refractivity contribution in [1.29, 1.82) is 0 Å². The lowest BCUT2D eigenvalue weighted by molar-refractivity contribution is -0.119. The molecule has 6 nitrogen and oxygen atoms in total. The maximum Gasteiger partial charge on any atom is 0.242 e. The molecule has 0 atom stereocenters. The lowest BCUT2D eigenvalue weighted by Crippen LogP contribution is -2.37. The van der Waals surface area contributed by atoms with E-state index in [1.807, 2.05) is 6.92 Å². The average Bonchev–Trinajstić information content (AvgIpc) is 2.37. The van der Waals surface area contributed by atoms with Gasteiger partial charge in [-0.05, 0) is 12.5 Å². The Morgan fingerprint density at radius 1 is 1.42 bits per heavy atom. The molecule has 1 aromatic rings. The lowest BCUT2D eigenvalue weighted by atomic mass is 10.5. The maximum atomic E-state index is 11.8. The van der Waals surface area contributed by atoms with E-state index in [4.69, 9.17) is 23.2 Å². The molecule has 0 radical (unpaired) electrons. The van der Waals surface area contributed by atoms with E-state index in [1.165, 1.54) is 6.07 Å². The Bertz CT molecular complexity index is 563. The summed E-state index contributed by atoms with van der Waals surface area (Å²) in [6.45, 7) is 2.04. The number of hydrogen-bond donors (Lipinski definition) is 2. The first-order chi connectivity index (χ1) is 8.86. The summed E-state index contributed by atoms with van der Waals surface area (Å²) in [5, 5.41) is 2.59. The molecule has 0 saturated heterocycles. The number of nitrogens with one attached hydrogen (secondary N) is 2. The fraction of sp³-hybridized carbons (Fsp3) is 0.400. The van der Waals surface area contributed by atoms with E-state index in [9.17, 15) is 13.2 Å². The third kappa shape index (κ3) is 4.94. The van der Waals surface area contributed by atoms with Crippen molar-refractivity contribution in [3.8, 4) is 0 Å². The molecule has 0 aromatic carbocycles. The van der Waals surface area contributed by atoms with Gasteiger partial charge >= 0.3 is 0 Å². The number of hydrogen-bond acceptors (Lipinski definition) is 4. The molecular formula is C10H13Cl2N3O3S. The molecule has 2 N–H and O–H groups in total. The number of nitrogens with zero attached hydrogens (tertiary/aromatic N) is 1. The van der Waals surface area contributed by atoms with Crippen molar-refractivity contribution in [3.63, 3.8) is 0 Å². The molecule has 0 fully saturated rings. The third-order valence-corrected chi connectivity index (χ3v) is 4.13. The van der Waals surface area contributed by atoms with Crippen molar-refractivity contribution < 1.29 is 13.2 Å². The molecule has 0 unspecified atom stereocenters. The van der Waals surface area contributed by atoms with Crippen LogP contribution in [0.5, 0.6) is 0 Å². The summed E-state index contributed by atoms with van der Waals surface area (Å²) in [5.41, 5.74) is 0. The minimum Gasteiger partial charge on any atom is -0.355 e. The van der Waals surface area contributed by atoms with Gasteiger partial charge in [0.15, 0.2) is 0 Å². The first kappa shape index (κ1) is 16.2. The smallest absolute Gasteiger partial charge is 0.242 e. The molecule has 9 heteroatoms. The van der Waals surface area contributed by atoms with Gasteiger partial charge in [0, 0.05) is 12.7 Å². The summed E-state index contributed by atoms with van der Waals surface area (Å²) in [4.78, 5) is 14.8. The van der Waals surface area contributed by atoms with E-state index < -0.39 is 15.9 Å². The molecule has 1 rings (SSSR count). The zero-order chi connectivity index (χ0) is 14.5. The fourth-order valence-electron chi connectivity index (χ4n) is 1.12. The van der Waals surface area contributed by atoms with Crippen LogP contribution in [0.4, 0.5) is 0 Å². The van der Waals surface area contributed by atoms with Crippen molar-refractivity contribution >= 4 is 39.1 Å². The van der Waals surface area contributed by atoms with E-state index in [-0.39, 0.29) is 21.6 Å². The summed E-state index contributed by atoms with van der Waals surface area (Å²) in [5.74, 6) is -0.404. The van der Waals surface area contributed by atoms with Crippen LogP contribution in [0.25, 0.3) is 0 Å². The lowest BCUT2D eigenvalue weighted by Gasteiger charge is -2.07. The van der Waals surface area contributed by atoms with Gasteiger partial charge < -0.3 is 5.32 Å². The molecule has 1 aromatic heterocycles. The van der Waals surface area contributed by atoms with Gasteiger partial charge in [-0.15, -0.1) is 0 Å². The predicted molar refractivity (Wildman–Crippen MR) is 72.7 cm³/mol. The van der Waals surface area contributed by atoms with Crippen LogP contribution in [0.15, 0.2) is 17.2 Å². The van der Waals surface area contributed by atoms with Crippen LogP contribution >= 0.6 is 23.2 Å². The Morgan fingerprint density at radius 3 is 2.68 bits per heavy atom.